The van der Waals surface area contributed by atoms with Gasteiger partial charge in [0.15, 0.2) is 0 Å². The zero-order chi connectivity index (χ0) is 10.3. The average molecular weight is 195 g/mol. The van der Waals surface area contributed by atoms with Crippen LogP contribution in [0.3, 0.4) is 0 Å². The number of hydrogen-bond donors (Lipinski definition) is 1. The molecule has 82 valence electrons. The number of fused-ring (bicyclic) bond motifs is 2. The second-order valence-electron chi connectivity index (χ2n) is 5.96. The van der Waals surface area contributed by atoms with Crippen LogP contribution in [-0.4, -0.2) is 12.6 Å². The second-order valence-corrected chi connectivity index (χ2v) is 5.96. The fraction of sp³-hybridized carbons (Fsp3) is 1.00. The number of nitrogens with one attached hydrogen (secondary N) is 1. The Hall–Kier alpha value is -0.0400. The summed E-state index contributed by atoms with van der Waals surface area (Å²) in [4.78, 5) is 0. The SMILES string of the molecule is CCC(C)(C(C)C)C1C[C@@H]2C[C@H]1CN2. The third kappa shape index (κ3) is 1.41. The van der Waals surface area contributed by atoms with E-state index in [4.69, 9.17) is 0 Å². The Balaban J connectivity index is 2.13. The van der Waals surface area contributed by atoms with E-state index in [0.717, 1.165) is 23.8 Å². The fourth-order valence-corrected chi connectivity index (χ4v) is 3.74. The van der Waals surface area contributed by atoms with Crippen LogP contribution >= 0.6 is 0 Å². The third-order valence-corrected chi connectivity index (χ3v) is 5.29. The monoisotopic (exact) mass is 195 g/mol. The third-order valence-electron chi connectivity index (χ3n) is 5.29. The highest BCUT2D eigenvalue weighted by atomic mass is 15.0. The van der Waals surface area contributed by atoms with E-state index in [2.05, 4.69) is 33.0 Å². The summed E-state index contributed by atoms with van der Waals surface area (Å²) < 4.78 is 0. The van der Waals surface area contributed by atoms with Crippen LogP contribution in [0.1, 0.15) is 47.0 Å². The maximum atomic E-state index is 3.62. The smallest absolute Gasteiger partial charge is 0.00733 e. The molecule has 1 saturated carbocycles. The summed E-state index contributed by atoms with van der Waals surface area (Å²) in [7, 11) is 0. The van der Waals surface area contributed by atoms with Crippen LogP contribution in [0, 0.1) is 23.2 Å². The van der Waals surface area contributed by atoms with E-state index in [-0.39, 0.29) is 0 Å². The van der Waals surface area contributed by atoms with Crippen molar-refractivity contribution in [1.82, 2.24) is 5.32 Å². The summed E-state index contributed by atoms with van der Waals surface area (Å²) in [6.45, 7) is 11.0. The van der Waals surface area contributed by atoms with Crippen LogP contribution < -0.4 is 5.32 Å². The summed E-state index contributed by atoms with van der Waals surface area (Å²) in [5, 5.41) is 3.62. The van der Waals surface area contributed by atoms with Gasteiger partial charge in [-0.1, -0.05) is 34.1 Å². The molecule has 1 aliphatic carbocycles. The molecule has 2 bridgehead atoms. The highest BCUT2D eigenvalue weighted by Crippen LogP contribution is 2.51. The van der Waals surface area contributed by atoms with Crippen molar-refractivity contribution in [2.24, 2.45) is 23.2 Å². The molecule has 2 unspecified atom stereocenters. The average Bonchev–Trinajstić information content (AvgIpc) is 2.77. The van der Waals surface area contributed by atoms with Gasteiger partial charge < -0.3 is 5.32 Å². The summed E-state index contributed by atoms with van der Waals surface area (Å²) in [6, 6.07) is 0.856. The van der Waals surface area contributed by atoms with Gasteiger partial charge >= 0.3 is 0 Å². The Morgan fingerprint density at radius 3 is 2.43 bits per heavy atom. The molecule has 0 aromatic heterocycles. The predicted molar refractivity (Wildman–Crippen MR) is 61.2 cm³/mol. The Bertz CT molecular complexity index is 211. The summed E-state index contributed by atoms with van der Waals surface area (Å²) in [5.41, 5.74) is 0.585. The van der Waals surface area contributed by atoms with Gasteiger partial charge in [-0.2, -0.15) is 0 Å². The molecule has 2 rings (SSSR count). The first kappa shape index (κ1) is 10.5. The van der Waals surface area contributed by atoms with Crippen LogP contribution in [0.5, 0.6) is 0 Å². The molecule has 0 amide bonds. The van der Waals surface area contributed by atoms with Crippen molar-refractivity contribution in [2.45, 2.75) is 53.0 Å². The number of rotatable bonds is 3. The minimum Gasteiger partial charge on any atom is -0.314 e. The molecule has 1 N–H and O–H groups in total. The topological polar surface area (TPSA) is 12.0 Å². The molecule has 0 radical (unpaired) electrons. The van der Waals surface area contributed by atoms with Gasteiger partial charge in [-0.25, -0.2) is 0 Å². The molecule has 1 heteroatoms. The molecular formula is C13H25N. The normalized spacial score (nSPS) is 40.5. The van der Waals surface area contributed by atoms with E-state index >= 15 is 0 Å². The molecule has 0 aromatic carbocycles. The van der Waals surface area contributed by atoms with Crippen molar-refractivity contribution in [3.8, 4) is 0 Å². The van der Waals surface area contributed by atoms with Gasteiger partial charge in [-0.3, -0.25) is 0 Å². The Labute approximate surface area is 88.7 Å². The van der Waals surface area contributed by atoms with Gasteiger partial charge in [0.25, 0.3) is 0 Å². The summed E-state index contributed by atoms with van der Waals surface area (Å²) in [6.07, 6.45) is 4.23. The lowest BCUT2D eigenvalue weighted by Crippen LogP contribution is -2.41. The highest BCUT2D eigenvalue weighted by molar-refractivity contribution is 5.01. The molecule has 2 aliphatic rings. The van der Waals surface area contributed by atoms with Gasteiger partial charge in [0, 0.05) is 6.04 Å². The fourth-order valence-electron chi connectivity index (χ4n) is 3.74. The summed E-state index contributed by atoms with van der Waals surface area (Å²) in [5.74, 6) is 2.79. The standard InChI is InChI=1S/C13H25N/c1-5-13(4,9(2)3)12-7-11-6-10(12)8-14-11/h9-12,14H,5-8H2,1-4H3/t10-,11-,12?,13?/m0/s1. The van der Waals surface area contributed by atoms with E-state index in [9.17, 15) is 0 Å². The first-order valence-electron chi connectivity index (χ1n) is 6.31. The van der Waals surface area contributed by atoms with Crippen molar-refractivity contribution < 1.29 is 0 Å². The van der Waals surface area contributed by atoms with Crippen LogP contribution in [0.4, 0.5) is 0 Å². The lowest BCUT2D eigenvalue weighted by Gasteiger charge is -2.43. The molecule has 1 aliphatic heterocycles. The first-order chi connectivity index (χ1) is 6.58. The largest absolute Gasteiger partial charge is 0.314 e. The molecule has 1 saturated heterocycles. The predicted octanol–water partition coefficient (Wildman–Crippen LogP) is 3.06. The zero-order valence-corrected chi connectivity index (χ0v) is 10.1. The van der Waals surface area contributed by atoms with Crippen molar-refractivity contribution in [3.63, 3.8) is 0 Å². The lowest BCUT2D eigenvalue weighted by atomic mass is 9.63. The molecule has 0 aromatic rings. The van der Waals surface area contributed by atoms with Gasteiger partial charge in [0.1, 0.15) is 0 Å². The van der Waals surface area contributed by atoms with E-state index in [0.29, 0.717) is 5.41 Å². The van der Waals surface area contributed by atoms with Crippen molar-refractivity contribution in [3.05, 3.63) is 0 Å². The van der Waals surface area contributed by atoms with E-state index in [1.807, 2.05) is 0 Å². The van der Waals surface area contributed by atoms with E-state index in [1.165, 1.54) is 25.8 Å². The van der Waals surface area contributed by atoms with Crippen molar-refractivity contribution in [1.29, 1.82) is 0 Å². The van der Waals surface area contributed by atoms with Crippen molar-refractivity contribution >= 4 is 0 Å². The molecule has 4 atom stereocenters. The minimum atomic E-state index is 0.585. The molecule has 1 nitrogen and oxygen atoms in total. The van der Waals surface area contributed by atoms with E-state index < -0.39 is 0 Å². The van der Waals surface area contributed by atoms with Crippen LogP contribution in [0.15, 0.2) is 0 Å². The van der Waals surface area contributed by atoms with E-state index in [1.54, 1.807) is 0 Å². The number of hydrogen-bond acceptors (Lipinski definition) is 1. The zero-order valence-electron chi connectivity index (χ0n) is 10.1. The first-order valence-corrected chi connectivity index (χ1v) is 6.31. The van der Waals surface area contributed by atoms with Crippen LogP contribution in [-0.2, 0) is 0 Å². The van der Waals surface area contributed by atoms with Crippen LogP contribution in [0.2, 0.25) is 0 Å². The van der Waals surface area contributed by atoms with Crippen LogP contribution in [0.25, 0.3) is 0 Å². The molecule has 14 heavy (non-hydrogen) atoms. The van der Waals surface area contributed by atoms with Gasteiger partial charge in [0.2, 0.25) is 0 Å². The Morgan fingerprint density at radius 1 is 1.36 bits per heavy atom. The Morgan fingerprint density at radius 2 is 2.07 bits per heavy atom. The maximum Gasteiger partial charge on any atom is 0.00733 e. The molecule has 1 heterocycles. The van der Waals surface area contributed by atoms with Gasteiger partial charge in [-0.15, -0.1) is 0 Å². The lowest BCUT2D eigenvalue weighted by molar-refractivity contribution is 0.0682. The Kier molecular flexibility index (Phi) is 2.63. The minimum absolute atomic E-state index is 0.585. The molecular weight excluding hydrogens is 170 g/mol. The van der Waals surface area contributed by atoms with Gasteiger partial charge in [0.05, 0.1) is 0 Å². The maximum absolute atomic E-state index is 3.62. The quantitative estimate of drug-likeness (QED) is 0.730. The van der Waals surface area contributed by atoms with Crippen molar-refractivity contribution in [2.75, 3.05) is 6.54 Å². The highest BCUT2D eigenvalue weighted by Gasteiger charge is 2.48. The molecule has 2 fully saturated rings. The second kappa shape index (κ2) is 3.52. The summed E-state index contributed by atoms with van der Waals surface area (Å²) >= 11 is 0. The molecule has 0 spiro atoms. The number of piperidine rings is 1. The van der Waals surface area contributed by atoms with Gasteiger partial charge in [-0.05, 0) is 42.6 Å².